The predicted octanol–water partition coefficient (Wildman–Crippen LogP) is 5.08. The van der Waals surface area contributed by atoms with Crippen molar-refractivity contribution in [3.8, 4) is 0 Å². The first kappa shape index (κ1) is 14.0. The Morgan fingerprint density at radius 1 is 0.812 bits per heavy atom. The van der Waals surface area contributed by atoms with Gasteiger partial charge in [-0.05, 0) is 25.7 Å². The Balaban J connectivity index is 2.17. The van der Waals surface area contributed by atoms with E-state index >= 15 is 0 Å². The van der Waals surface area contributed by atoms with E-state index in [-0.39, 0.29) is 0 Å². The summed E-state index contributed by atoms with van der Waals surface area (Å²) in [5, 5.41) is 0. The number of hydrogen-bond acceptors (Lipinski definition) is 1. The van der Waals surface area contributed by atoms with Gasteiger partial charge in [0.25, 0.3) is 0 Å². The van der Waals surface area contributed by atoms with Crippen LogP contribution in [0.4, 0.5) is 0 Å². The van der Waals surface area contributed by atoms with E-state index in [0.717, 1.165) is 0 Å². The van der Waals surface area contributed by atoms with E-state index in [9.17, 15) is 0 Å². The minimum absolute atomic E-state index is 0.573. The van der Waals surface area contributed by atoms with Gasteiger partial charge in [-0.25, -0.2) is 0 Å². The molecule has 0 amide bonds. The summed E-state index contributed by atoms with van der Waals surface area (Å²) < 4.78 is 6.23. The summed E-state index contributed by atoms with van der Waals surface area (Å²) in [6.07, 6.45) is 15.9. The van der Waals surface area contributed by atoms with Crippen LogP contribution in [0.3, 0.4) is 0 Å². The number of unbranched alkanes of at least 4 members (excludes halogenated alkanes) is 3. The van der Waals surface area contributed by atoms with Crippen molar-refractivity contribution in [3.63, 3.8) is 0 Å². The van der Waals surface area contributed by atoms with Gasteiger partial charge >= 0.3 is 0 Å². The van der Waals surface area contributed by atoms with Gasteiger partial charge in [0, 0.05) is 0 Å². The zero-order valence-electron chi connectivity index (χ0n) is 11.3. The maximum absolute atomic E-state index is 6.23. The lowest BCUT2D eigenvalue weighted by atomic mass is 10.0. The van der Waals surface area contributed by atoms with Gasteiger partial charge in [-0.15, -0.1) is 0 Å². The summed E-state index contributed by atoms with van der Waals surface area (Å²) in [5.41, 5.74) is 0. The molecule has 1 heteroatoms. The average molecular weight is 226 g/mol. The third kappa shape index (κ3) is 5.89. The molecule has 16 heavy (non-hydrogen) atoms. The van der Waals surface area contributed by atoms with Gasteiger partial charge in [-0.3, -0.25) is 0 Å². The van der Waals surface area contributed by atoms with Crippen LogP contribution in [0.15, 0.2) is 0 Å². The van der Waals surface area contributed by atoms with Crippen LogP contribution in [0, 0.1) is 0 Å². The molecule has 1 nitrogen and oxygen atoms in total. The van der Waals surface area contributed by atoms with E-state index in [1.165, 1.54) is 70.6 Å². The van der Waals surface area contributed by atoms with E-state index in [4.69, 9.17) is 4.74 Å². The highest BCUT2D eigenvalue weighted by Crippen LogP contribution is 2.24. The summed E-state index contributed by atoms with van der Waals surface area (Å²) in [4.78, 5) is 0. The molecule has 0 aromatic carbocycles. The molecule has 1 rings (SSSR count). The van der Waals surface area contributed by atoms with Gasteiger partial charge in [0.15, 0.2) is 0 Å². The minimum Gasteiger partial charge on any atom is -0.375 e. The molecular weight excluding hydrogens is 196 g/mol. The third-order valence-electron chi connectivity index (χ3n) is 3.68. The first-order chi connectivity index (χ1) is 7.86. The van der Waals surface area contributed by atoms with Gasteiger partial charge in [0.05, 0.1) is 12.2 Å². The average Bonchev–Trinajstić information content (AvgIpc) is 2.51. The van der Waals surface area contributed by atoms with Gasteiger partial charge in [-0.2, -0.15) is 0 Å². The molecule has 0 N–H and O–H groups in total. The minimum atomic E-state index is 0.573. The highest BCUT2D eigenvalue weighted by Gasteiger charge is 2.19. The predicted molar refractivity (Wildman–Crippen MR) is 70.8 cm³/mol. The molecule has 1 aliphatic rings. The Labute approximate surface area is 102 Å². The fourth-order valence-electron chi connectivity index (χ4n) is 2.70. The van der Waals surface area contributed by atoms with Crippen LogP contribution in [-0.4, -0.2) is 12.2 Å². The molecule has 1 heterocycles. The first-order valence-corrected chi connectivity index (χ1v) is 7.52. The second kappa shape index (κ2) is 9.04. The number of rotatable bonds is 7. The van der Waals surface area contributed by atoms with Crippen LogP contribution in [0.25, 0.3) is 0 Å². The van der Waals surface area contributed by atoms with E-state index in [1.54, 1.807) is 0 Å². The van der Waals surface area contributed by atoms with E-state index in [2.05, 4.69) is 13.8 Å². The first-order valence-electron chi connectivity index (χ1n) is 7.52. The lowest BCUT2D eigenvalue weighted by Crippen LogP contribution is -2.19. The van der Waals surface area contributed by atoms with E-state index in [1.807, 2.05) is 0 Å². The summed E-state index contributed by atoms with van der Waals surface area (Å²) >= 11 is 0. The van der Waals surface area contributed by atoms with Gasteiger partial charge < -0.3 is 4.74 Å². The summed E-state index contributed by atoms with van der Waals surface area (Å²) in [5.74, 6) is 0. The van der Waals surface area contributed by atoms with E-state index in [0.29, 0.717) is 12.2 Å². The highest BCUT2D eigenvalue weighted by molar-refractivity contribution is 4.69. The molecule has 0 aromatic heterocycles. The standard InChI is InChI=1S/C15H30O/c1-3-5-6-7-11-15-13-9-8-12-14(16-15)10-4-2/h14-15H,3-13H2,1-2H3. The maximum atomic E-state index is 6.23. The Hall–Kier alpha value is -0.0400. The molecule has 1 saturated heterocycles. The molecule has 0 spiro atoms. The molecule has 0 aromatic rings. The second-order valence-corrected chi connectivity index (χ2v) is 5.30. The Morgan fingerprint density at radius 3 is 2.12 bits per heavy atom. The molecule has 1 fully saturated rings. The van der Waals surface area contributed by atoms with Gasteiger partial charge in [-0.1, -0.05) is 58.8 Å². The van der Waals surface area contributed by atoms with Crippen molar-refractivity contribution in [3.05, 3.63) is 0 Å². The fraction of sp³-hybridized carbons (Fsp3) is 1.00. The van der Waals surface area contributed by atoms with E-state index < -0.39 is 0 Å². The molecule has 2 atom stereocenters. The number of ether oxygens (including phenoxy) is 1. The van der Waals surface area contributed by atoms with Crippen molar-refractivity contribution < 1.29 is 4.74 Å². The lowest BCUT2D eigenvalue weighted by molar-refractivity contribution is -0.0175. The Morgan fingerprint density at radius 2 is 1.50 bits per heavy atom. The van der Waals surface area contributed by atoms with Crippen LogP contribution in [0.5, 0.6) is 0 Å². The zero-order chi connectivity index (χ0) is 11.6. The van der Waals surface area contributed by atoms with Crippen LogP contribution < -0.4 is 0 Å². The summed E-state index contributed by atoms with van der Waals surface area (Å²) in [7, 11) is 0. The molecule has 0 radical (unpaired) electrons. The third-order valence-corrected chi connectivity index (χ3v) is 3.68. The van der Waals surface area contributed by atoms with Gasteiger partial charge in [0.2, 0.25) is 0 Å². The van der Waals surface area contributed by atoms with Crippen molar-refractivity contribution in [2.45, 2.75) is 96.7 Å². The molecule has 1 aliphatic heterocycles. The van der Waals surface area contributed by atoms with Crippen molar-refractivity contribution in [2.75, 3.05) is 0 Å². The molecule has 0 aliphatic carbocycles. The normalized spacial score (nSPS) is 26.6. The molecule has 0 bridgehead atoms. The van der Waals surface area contributed by atoms with Crippen LogP contribution >= 0.6 is 0 Å². The lowest BCUT2D eigenvalue weighted by Gasteiger charge is -2.21. The van der Waals surface area contributed by atoms with Gasteiger partial charge in [0.1, 0.15) is 0 Å². The SMILES string of the molecule is CCCCCCC1CCCCC(CCC)O1. The Bertz CT molecular complexity index is 156. The smallest absolute Gasteiger partial charge is 0.0578 e. The topological polar surface area (TPSA) is 9.23 Å². The van der Waals surface area contributed by atoms with Crippen LogP contribution in [0.1, 0.15) is 84.5 Å². The van der Waals surface area contributed by atoms with Crippen LogP contribution in [0.2, 0.25) is 0 Å². The monoisotopic (exact) mass is 226 g/mol. The maximum Gasteiger partial charge on any atom is 0.0578 e. The van der Waals surface area contributed by atoms with Crippen molar-refractivity contribution in [1.82, 2.24) is 0 Å². The zero-order valence-corrected chi connectivity index (χ0v) is 11.3. The molecule has 96 valence electrons. The Kier molecular flexibility index (Phi) is 7.92. The van der Waals surface area contributed by atoms with Crippen LogP contribution in [-0.2, 0) is 4.74 Å². The summed E-state index contributed by atoms with van der Waals surface area (Å²) in [6, 6.07) is 0. The largest absolute Gasteiger partial charge is 0.375 e. The molecule has 2 unspecified atom stereocenters. The second-order valence-electron chi connectivity index (χ2n) is 5.30. The van der Waals surface area contributed by atoms with Crippen molar-refractivity contribution >= 4 is 0 Å². The summed E-state index contributed by atoms with van der Waals surface area (Å²) in [6.45, 7) is 4.55. The quantitative estimate of drug-likeness (QED) is 0.550. The fourth-order valence-corrected chi connectivity index (χ4v) is 2.70. The molecular formula is C15H30O. The number of hydrogen-bond donors (Lipinski definition) is 0. The van der Waals surface area contributed by atoms with Crippen molar-refractivity contribution in [1.29, 1.82) is 0 Å². The highest BCUT2D eigenvalue weighted by atomic mass is 16.5. The molecule has 0 saturated carbocycles. The van der Waals surface area contributed by atoms with Crippen molar-refractivity contribution in [2.24, 2.45) is 0 Å².